The molecule has 0 atom stereocenters. The fraction of sp³-hybridized carbons (Fsp3) is 0.500. The standard InChI is InChI=1S/C10H16N4O2/c1-10(2,3)16-9(15)14-8-6-12-7(4-11)5-13-8/h5-6H,4,11H2,1-3H3,(H,13,14,15). The summed E-state index contributed by atoms with van der Waals surface area (Å²) in [5.74, 6) is 0.339. The molecule has 0 spiro atoms. The average molecular weight is 224 g/mol. The second kappa shape index (κ2) is 4.89. The zero-order chi connectivity index (χ0) is 12.2. The number of nitrogens with zero attached hydrogens (tertiary/aromatic N) is 2. The maximum Gasteiger partial charge on any atom is 0.413 e. The number of nitrogens with two attached hydrogens (primary N) is 1. The van der Waals surface area contributed by atoms with Gasteiger partial charge in [-0.3, -0.25) is 10.3 Å². The van der Waals surface area contributed by atoms with Gasteiger partial charge in [0, 0.05) is 6.54 Å². The van der Waals surface area contributed by atoms with Gasteiger partial charge < -0.3 is 10.5 Å². The van der Waals surface area contributed by atoms with Gasteiger partial charge in [-0.25, -0.2) is 9.78 Å². The number of anilines is 1. The molecule has 1 heterocycles. The summed E-state index contributed by atoms with van der Waals surface area (Å²) in [5, 5.41) is 2.47. The van der Waals surface area contributed by atoms with Gasteiger partial charge >= 0.3 is 6.09 Å². The predicted octanol–water partition coefficient (Wildman–Crippen LogP) is 1.28. The number of hydrogen-bond acceptors (Lipinski definition) is 5. The predicted molar refractivity (Wildman–Crippen MR) is 59.8 cm³/mol. The van der Waals surface area contributed by atoms with E-state index in [4.69, 9.17) is 10.5 Å². The van der Waals surface area contributed by atoms with Gasteiger partial charge in [0.1, 0.15) is 5.60 Å². The number of ether oxygens (including phenoxy) is 1. The van der Waals surface area contributed by atoms with Gasteiger partial charge in [0.05, 0.1) is 18.1 Å². The highest BCUT2D eigenvalue weighted by atomic mass is 16.6. The molecule has 0 aromatic carbocycles. The smallest absolute Gasteiger partial charge is 0.413 e. The van der Waals surface area contributed by atoms with Gasteiger partial charge in [0.25, 0.3) is 0 Å². The molecule has 1 aromatic heterocycles. The lowest BCUT2D eigenvalue weighted by atomic mass is 10.2. The number of rotatable bonds is 2. The molecule has 16 heavy (non-hydrogen) atoms. The molecule has 0 saturated heterocycles. The molecule has 0 aliphatic carbocycles. The van der Waals surface area contributed by atoms with E-state index in [0.717, 1.165) is 0 Å². The molecule has 0 bridgehead atoms. The van der Waals surface area contributed by atoms with Crippen LogP contribution in [0.4, 0.5) is 10.6 Å². The molecule has 0 saturated carbocycles. The Morgan fingerprint density at radius 2 is 2.12 bits per heavy atom. The lowest BCUT2D eigenvalue weighted by Gasteiger charge is -2.19. The first-order valence-electron chi connectivity index (χ1n) is 4.92. The minimum atomic E-state index is -0.553. The van der Waals surface area contributed by atoms with Crippen molar-refractivity contribution < 1.29 is 9.53 Å². The van der Waals surface area contributed by atoms with Crippen molar-refractivity contribution in [3.05, 3.63) is 18.1 Å². The van der Waals surface area contributed by atoms with Gasteiger partial charge in [-0.15, -0.1) is 0 Å². The Labute approximate surface area is 94.2 Å². The number of carbonyl (C=O) groups is 1. The normalized spacial score (nSPS) is 11.0. The molecule has 1 aromatic rings. The van der Waals surface area contributed by atoms with E-state index in [1.54, 1.807) is 20.8 Å². The summed E-state index contributed by atoms with van der Waals surface area (Å²) in [6.45, 7) is 5.68. The SMILES string of the molecule is CC(C)(C)OC(=O)Nc1cnc(CN)cn1. The maximum atomic E-state index is 11.4. The first kappa shape index (κ1) is 12.4. The molecule has 0 unspecified atom stereocenters. The third-order valence-electron chi connectivity index (χ3n) is 1.54. The van der Waals surface area contributed by atoms with E-state index in [-0.39, 0.29) is 0 Å². The number of amides is 1. The summed E-state index contributed by atoms with van der Waals surface area (Å²) in [5.41, 5.74) is 5.50. The Balaban J connectivity index is 2.56. The zero-order valence-electron chi connectivity index (χ0n) is 9.65. The summed E-state index contributed by atoms with van der Waals surface area (Å²) < 4.78 is 5.06. The van der Waals surface area contributed by atoms with Crippen molar-refractivity contribution in [1.82, 2.24) is 9.97 Å². The van der Waals surface area contributed by atoms with Crippen LogP contribution in [0.5, 0.6) is 0 Å². The summed E-state index contributed by atoms with van der Waals surface area (Å²) in [6.07, 6.45) is 2.39. The Morgan fingerprint density at radius 3 is 2.56 bits per heavy atom. The van der Waals surface area contributed by atoms with Crippen LogP contribution in [0.25, 0.3) is 0 Å². The van der Waals surface area contributed by atoms with Crippen molar-refractivity contribution in [2.45, 2.75) is 32.9 Å². The van der Waals surface area contributed by atoms with Gasteiger partial charge in [0.15, 0.2) is 5.82 Å². The van der Waals surface area contributed by atoms with Crippen LogP contribution >= 0.6 is 0 Å². The van der Waals surface area contributed by atoms with Crippen LogP contribution in [0.2, 0.25) is 0 Å². The third kappa shape index (κ3) is 4.22. The molecule has 88 valence electrons. The highest BCUT2D eigenvalue weighted by Gasteiger charge is 2.16. The molecular weight excluding hydrogens is 208 g/mol. The largest absolute Gasteiger partial charge is 0.444 e. The summed E-state index contributed by atoms with van der Waals surface area (Å²) in [6, 6.07) is 0. The first-order valence-corrected chi connectivity index (χ1v) is 4.92. The van der Waals surface area contributed by atoms with Gasteiger partial charge in [-0.1, -0.05) is 0 Å². The van der Waals surface area contributed by atoms with E-state index in [2.05, 4.69) is 15.3 Å². The van der Waals surface area contributed by atoms with Crippen LogP contribution < -0.4 is 11.1 Å². The summed E-state index contributed by atoms with van der Waals surface area (Å²) >= 11 is 0. The minimum absolute atomic E-state index is 0.319. The zero-order valence-corrected chi connectivity index (χ0v) is 9.65. The topological polar surface area (TPSA) is 90.1 Å². The molecule has 1 rings (SSSR count). The molecule has 0 aliphatic rings. The van der Waals surface area contributed by atoms with E-state index >= 15 is 0 Å². The molecule has 6 heteroatoms. The first-order chi connectivity index (χ1) is 7.40. The fourth-order valence-electron chi connectivity index (χ4n) is 0.933. The maximum absolute atomic E-state index is 11.4. The van der Waals surface area contributed by atoms with Crippen LogP contribution in [-0.4, -0.2) is 21.7 Å². The molecule has 3 N–H and O–H groups in total. The lowest BCUT2D eigenvalue weighted by Crippen LogP contribution is -2.27. The minimum Gasteiger partial charge on any atom is -0.444 e. The van der Waals surface area contributed by atoms with E-state index in [1.165, 1.54) is 12.4 Å². The van der Waals surface area contributed by atoms with Crippen LogP contribution in [0, 0.1) is 0 Å². The van der Waals surface area contributed by atoms with Crippen LogP contribution in [0.3, 0.4) is 0 Å². The number of hydrogen-bond donors (Lipinski definition) is 2. The van der Waals surface area contributed by atoms with E-state index in [9.17, 15) is 4.79 Å². The Hall–Kier alpha value is -1.69. The van der Waals surface area contributed by atoms with Crippen molar-refractivity contribution in [3.63, 3.8) is 0 Å². The van der Waals surface area contributed by atoms with Crippen LogP contribution in [0.1, 0.15) is 26.5 Å². The summed E-state index contributed by atoms with van der Waals surface area (Å²) in [4.78, 5) is 19.3. The lowest BCUT2D eigenvalue weighted by molar-refractivity contribution is 0.0635. The van der Waals surface area contributed by atoms with Crippen molar-refractivity contribution in [3.8, 4) is 0 Å². The quantitative estimate of drug-likeness (QED) is 0.789. The van der Waals surface area contributed by atoms with Gasteiger partial charge in [-0.2, -0.15) is 0 Å². The van der Waals surface area contributed by atoms with Crippen molar-refractivity contribution in [2.24, 2.45) is 5.73 Å². The van der Waals surface area contributed by atoms with E-state index in [1.807, 2.05) is 0 Å². The van der Waals surface area contributed by atoms with E-state index < -0.39 is 11.7 Å². The third-order valence-corrected chi connectivity index (χ3v) is 1.54. The van der Waals surface area contributed by atoms with Crippen molar-refractivity contribution in [1.29, 1.82) is 0 Å². The second-order valence-corrected chi connectivity index (χ2v) is 4.22. The van der Waals surface area contributed by atoms with Gasteiger partial charge in [-0.05, 0) is 20.8 Å². The Bertz CT molecular complexity index is 356. The fourth-order valence-corrected chi connectivity index (χ4v) is 0.933. The monoisotopic (exact) mass is 224 g/mol. The van der Waals surface area contributed by atoms with E-state index in [0.29, 0.717) is 18.1 Å². The van der Waals surface area contributed by atoms with Gasteiger partial charge in [0.2, 0.25) is 0 Å². The van der Waals surface area contributed by atoms with Crippen molar-refractivity contribution >= 4 is 11.9 Å². The molecule has 1 amide bonds. The molecule has 0 fully saturated rings. The molecule has 0 radical (unpaired) electrons. The Morgan fingerprint density at radius 1 is 1.44 bits per heavy atom. The number of nitrogens with one attached hydrogen (secondary N) is 1. The average Bonchev–Trinajstić information content (AvgIpc) is 2.16. The number of carbonyl (C=O) groups excluding carboxylic acids is 1. The van der Waals surface area contributed by atoms with Crippen molar-refractivity contribution in [2.75, 3.05) is 5.32 Å². The summed E-state index contributed by atoms with van der Waals surface area (Å²) in [7, 11) is 0. The van der Waals surface area contributed by atoms with Crippen LogP contribution in [-0.2, 0) is 11.3 Å². The molecule has 6 nitrogen and oxygen atoms in total. The molecule has 0 aliphatic heterocycles. The Kier molecular flexibility index (Phi) is 3.78. The van der Waals surface area contributed by atoms with Crippen LogP contribution in [0.15, 0.2) is 12.4 Å². The second-order valence-electron chi connectivity index (χ2n) is 4.22. The highest BCUT2D eigenvalue weighted by Crippen LogP contribution is 2.09. The molecular formula is C10H16N4O2. The number of aromatic nitrogens is 2. The highest BCUT2D eigenvalue weighted by molar-refractivity contribution is 5.83.